The van der Waals surface area contributed by atoms with Crippen LogP contribution in [-0.4, -0.2) is 107 Å². The second-order valence-corrected chi connectivity index (χ2v) is 13.8. The summed E-state index contributed by atoms with van der Waals surface area (Å²) >= 11 is 8.18. The maximum Gasteiger partial charge on any atom is 0.352 e. The lowest BCUT2D eigenvalue weighted by atomic mass is 10.0. The van der Waals surface area contributed by atoms with Gasteiger partial charge in [0.25, 0.3) is 29.9 Å². The van der Waals surface area contributed by atoms with Gasteiger partial charge in [0.05, 0.1) is 0 Å². The van der Waals surface area contributed by atoms with E-state index in [0.717, 1.165) is 22.3 Å². The lowest BCUT2D eigenvalue weighted by molar-refractivity contribution is -0.691. The standard InChI is InChI=1S/C29H29ClN10O10S2/c1-11(27(46)47)50-38-18(17-21(30)52-29(32)37-17)24(44)36-19-25(45)40-20(28(48)49)13(9-51-26(19)40)7-39-8-14(22(31)35-10-39)33-4-5-34-23(43)12-2-3-15(41)16(42)6-12/h2-3,6,8,10-11,19,26,31,33H,4-5,7,9H2,1H3,(H8,32,34,36,37,38,41,42,43,44,46,47,48,49)/p+1/t11-,19+,26+/m0/s1. The molecular weight excluding hydrogens is 748 g/mol. The van der Waals surface area contributed by atoms with Crippen molar-refractivity contribution in [2.75, 3.05) is 35.6 Å². The summed E-state index contributed by atoms with van der Waals surface area (Å²) in [4.78, 5) is 76.8. The number of thioether (sulfide) groups is 1. The van der Waals surface area contributed by atoms with E-state index >= 15 is 0 Å². The summed E-state index contributed by atoms with van der Waals surface area (Å²) in [5, 5.41) is 49.3. The van der Waals surface area contributed by atoms with E-state index in [4.69, 9.17) is 33.0 Å². The third kappa shape index (κ3) is 8.03. The van der Waals surface area contributed by atoms with Crippen LogP contribution in [0.2, 0.25) is 4.34 Å². The molecule has 1 fully saturated rings. The maximum absolute atomic E-state index is 13.3. The number of aliphatic carboxylic acids is 2. The number of carboxylic acids is 2. The number of thiazole rings is 1. The zero-order chi connectivity index (χ0) is 37.9. The number of rotatable bonds is 14. The van der Waals surface area contributed by atoms with Crippen LogP contribution in [0, 0.1) is 0 Å². The number of nitrogens with zero attached hydrogens (tertiary/aromatic N) is 5. The molecule has 3 atom stereocenters. The minimum Gasteiger partial charge on any atom is -0.504 e. The second-order valence-electron chi connectivity index (χ2n) is 11.0. The Balaban J connectivity index is 1.25. The van der Waals surface area contributed by atoms with Crippen molar-refractivity contribution >= 4 is 86.7 Å². The van der Waals surface area contributed by atoms with E-state index in [2.05, 4.69) is 31.1 Å². The number of nitrogens with two attached hydrogens (primary N) is 2. The van der Waals surface area contributed by atoms with Crippen LogP contribution in [-0.2, 0) is 30.6 Å². The van der Waals surface area contributed by atoms with Crippen molar-refractivity contribution in [3.63, 3.8) is 0 Å². The molecule has 3 amide bonds. The number of halogens is 1. The first-order valence-electron chi connectivity index (χ1n) is 14.9. The molecule has 52 heavy (non-hydrogen) atoms. The van der Waals surface area contributed by atoms with Gasteiger partial charge < -0.3 is 52.7 Å². The fourth-order valence-corrected chi connectivity index (χ4v) is 7.16. The fourth-order valence-electron chi connectivity index (χ4n) is 4.90. The molecule has 1 aromatic carbocycles. The van der Waals surface area contributed by atoms with Crippen LogP contribution in [0.1, 0.15) is 23.0 Å². The number of carbonyl (C=O) groups excluding carboxylic acids is 3. The number of β-lactam (4-membered cyclic amide) rings is 1. The minimum absolute atomic E-state index is 0.00482. The third-order valence-electron chi connectivity index (χ3n) is 7.48. The molecule has 0 bridgehead atoms. The van der Waals surface area contributed by atoms with Crippen molar-refractivity contribution in [2.45, 2.75) is 31.0 Å². The molecule has 274 valence electrons. The van der Waals surface area contributed by atoms with Crippen molar-refractivity contribution in [1.82, 2.24) is 25.5 Å². The topological polar surface area (TPSA) is 309 Å². The maximum atomic E-state index is 13.3. The van der Waals surface area contributed by atoms with Crippen LogP contribution < -0.4 is 32.0 Å². The Hall–Kier alpha value is -5.87. The number of nitrogens with one attached hydrogen (secondary N) is 3. The molecule has 2 aliphatic heterocycles. The summed E-state index contributed by atoms with van der Waals surface area (Å²) in [6.07, 6.45) is 1.52. The summed E-state index contributed by atoms with van der Waals surface area (Å²) in [7, 11) is 0. The number of amides is 3. The number of nitrogen functional groups attached to an aromatic ring is 2. The summed E-state index contributed by atoms with van der Waals surface area (Å²) in [6.45, 7) is 1.53. The Kier molecular flexibility index (Phi) is 11.2. The lowest BCUT2D eigenvalue weighted by Gasteiger charge is -2.49. The van der Waals surface area contributed by atoms with Gasteiger partial charge in [-0.05, 0) is 30.1 Å². The molecule has 20 nitrogen and oxygen atoms in total. The molecular formula is C29H30ClN10O10S2+. The van der Waals surface area contributed by atoms with Gasteiger partial charge in [-0.1, -0.05) is 28.1 Å². The summed E-state index contributed by atoms with van der Waals surface area (Å²) in [6, 6.07) is 2.48. The van der Waals surface area contributed by atoms with Gasteiger partial charge in [-0.15, -0.1) is 11.8 Å². The molecule has 23 heteroatoms. The number of benzene rings is 1. The highest BCUT2D eigenvalue weighted by molar-refractivity contribution is 8.00. The van der Waals surface area contributed by atoms with Gasteiger partial charge in [-0.3, -0.25) is 19.3 Å². The number of oxime groups is 1. The zero-order valence-electron chi connectivity index (χ0n) is 26.8. The van der Waals surface area contributed by atoms with Gasteiger partial charge in [0.15, 0.2) is 22.3 Å². The number of aromatic nitrogens is 3. The Bertz CT molecular complexity index is 2030. The van der Waals surface area contributed by atoms with Gasteiger partial charge in [-0.2, -0.15) is 0 Å². The van der Waals surface area contributed by atoms with Gasteiger partial charge >= 0.3 is 11.9 Å². The fraction of sp³-hybridized carbons (Fsp3) is 0.276. The molecule has 11 N–H and O–H groups in total. The van der Waals surface area contributed by atoms with E-state index in [-0.39, 0.29) is 63.4 Å². The molecule has 4 heterocycles. The summed E-state index contributed by atoms with van der Waals surface area (Å²) in [5.41, 5.74) is 11.6. The number of phenolic OH excluding ortho intramolecular Hbond substituents is 2. The summed E-state index contributed by atoms with van der Waals surface area (Å²) < 4.78 is 1.52. The van der Waals surface area contributed by atoms with Crippen LogP contribution in [0.25, 0.3) is 0 Å². The normalized spacial score (nSPS) is 17.5. The zero-order valence-corrected chi connectivity index (χ0v) is 29.2. The Labute approximate surface area is 306 Å². The van der Waals surface area contributed by atoms with Gasteiger partial charge in [0.2, 0.25) is 6.10 Å². The highest BCUT2D eigenvalue weighted by Crippen LogP contribution is 2.40. The monoisotopic (exact) mass is 777 g/mol. The molecule has 5 rings (SSSR count). The quantitative estimate of drug-likeness (QED) is 0.0250. The van der Waals surface area contributed by atoms with E-state index in [0.29, 0.717) is 11.3 Å². The van der Waals surface area contributed by atoms with E-state index < -0.39 is 58.6 Å². The molecule has 0 radical (unpaired) electrons. The highest BCUT2D eigenvalue weighted by atomic mass is 35.5. The van der Waals surface area contributed by atoms with Crippen LogP contribution in [0.15, 0.2) is 47.1 Å². The lowest BCUT2D eigenvalue weighted by Crippen LogP contribution is -2.71. The smallest absolute Gasteiger partial charge is 0.352 e. The van der Waals surface area contributed by atoms with Crippen LogP contribution in [0.3, 0.4) is 0 Å². The number of hydrogen-bond donors (Lipinski definition) is 9. The van der Waals surface area contributed by atoms with Crippen molar-refractivity contribution in [2.24, 2.45) is 5.16 Å². The summed E-state index contributed by atoms with van der Waals surface area (Å²) in [5.74, 6) is -5.46. The van der Waals surface area contributed by atoms with Crippen molar-refractivity contribution < 1.29 is 53.8 Å². The van der Waals surface area contributed by atoms with Gasteiger partial charge in [0.1, 0.15) is 45.6 Å². The largest absolute Gasteiger partial charge is 0.504 e. The molecule has 3 aromatic rings. The Morgan fingerprint density at radius 2 is 1.94 bits per heavy atom. The Morgan fingerprint density at radius 1 is 1.19 bits per heavy atom. The molecule has 0 spiro atoms. The third-order valence-corrected chi connectivity index (χ3v) is 9.90. The Morgan fingerprint density at radius 3 is 2.60 bits per heavy atom. The van der Waals surface area contributed by atoms with Crippen LogP contribution in [0.5, 0.6) is 11.5 Å². The minimum atomic E-state index is -1.45. The SMILES string of the molecule is C[C@H](O/N=C(\C(=O)N[C@@H]1C(=O)N2C(C(=O)O)=C(C[n+]3cnc(N)c(NCCNC(=O)c4ccc(O)c(O)c4)c3)CS[C@H]12)c1nc(N)sc1Cl)C(=O)O. The average molecular weight is 778 g/mol. The van der Waals surface area contributed by atoms with E-state index in [1.54, 1.807) is 10.8 Å². The van der Waals surface area contributed by atoms with Crippen molar-refractivity contribution in [1.29, 1.82) is 0 Å². The molecule has 2 aliphatic rings. The number of aromatic hydroxyl groups is 2. The predicted octanol–water partition coefficient (Wildman–Crippen LogP) is -0.471. The first kappa shape index (κ1) is 37.4. The molecule has 0 aliphatic carbocycles. The number of fused-ring (bicyclic) bond motifs is 1. The number of phenols is 2. The van der Waals surface area contributed by atoms with E-state index in [9.17, 15) is 39.3 Å². The van der Waals surface area contributed by atoms with E-state index in [1.165, 1.54) is 37.1 Å². The number of carboxylic acid groups (broad SMARTS) is 2. The number of hydrogen-bond acceptors (Lipinski definition) is 16. The first-order chi connectivity index (χ1) is 24.7. The van der Waals surface area contributed by atoms with E-state index in [1.807, 2.05) is 0 Å². The molecule has 1 saturated heterocycles. The average Bonchev–Trinajstić information content (AvgIpc) is 3.44. The van der Waals surface area contributed by atoms with Gasteiger partial charge in [0, 0.05) is 30.0 Å². The van der Waals surface area contributed by atoms with Crippen LogP contribution >= 0.6 is 34.7 Å². The van der Waals surface area contributed by atoms with Crippen molar-refractivity contribution in [3.8, 4) is 11.5 Å². The predicted molar refractivity (Wildman–Crippen MR) is 185 cm³/mol. The molecule has 0 saturated carbocycles. The molecule has 2 aromatic heterocycles. The van der Waals surface area contributed by atoms with Crippen molar-refractivity contribution in [3.05, 3.63) is 57.6 Å². The van der Waals surface area contributed by atoms with Gasteiger partial charge in [-0.25, -0.2) is 19.1 Å². The number of anilines is 3. The first-order valence-corrected chi connectivity index (χ1v) is 17.2. The number of carbonyl (C=O) groups is 5. The highest BCUT2D eigenvalue weighted by Gasteiger charge is 2.54. The van der Waals surface area contributed by atoms with Crippen LogP contribution in [0.4, 0.5) is 16.6 Å². The molecule has 0 unspecified atom stereocenters. The second kappa shape index (κ2) is 15.6.